The number of hydrogen-bond donors (Lipinski definition) is 5. The Kier molecular flexibility index (Phi) is 10.9. The van der Waals surface area contributed by atoms with Gasteiger partial charge in [-0.3, -0.25) is 19.6 Å². The molecule has 0 unspecified atom stereocenters. The third-order valence-electron chi connectivity index (χ3n) is 5.48. The maximum atomic E-state index is 13.8. The second kappa shape index (κ2) is 13.9. The topological polar surface area (TPSA) is 171 Å². The molecule has 216 valence electrons. The number of benzene rings is 2. The molecule has 5 N–H and O–H groups in total. The minimum atomic E-state index is -4.89. The molecule has 12 nitrogen and oxygen atoms in total. The summed E-state index contributed by atoms with van der Waals surface area (Å²) in [4.78, 5) is 46.8. The van der Waals surface area contributed by atoms with Crippen LogP contribution in [0.2, 0.25) is 5.02 Å². The van der Waals surface area contributed by atoms with Gasteiger partial charge in [-0.25, -0.2) is 28.6 Å². The zero-order valence-electron chi connectivity index (χ0n) is 21.0. The molecule has 2 amide bonds. The van der Waals surface area contributed by atoms with Gasteiger partial charge in [-0.1, -0.05) is 23.7 Å². The molecule has 0 spiro atoms. The molecule has 0 radical (unpaired) electrons. The molecule has 0 saturated carbocycles. The van der Waals surface area contributed by atoms with Crippen LogP contribution in [0.15, 0.2) is 48.7 Å². The fraction of sp³-hybridized carbons (Fsp3) is 0.292. The van der Waals surface area contributed by atoms with Crippen molar-refractivity contribution in [3.8, 4) is 0 Å². The number of pyridine rings is 1. The number of hydrogen-bond acceptors (Lipinski definition) is 8. The minimum Gasteiger partial charge on any atom is -0.447 e. The van der Waals surface area contributed by atoms with E-state index in [-0.39, 0.29) is 23.8 Å². The maximum absolute atomic E-state index is 13.8. The number of amides is 2. The molecule has 1 aromatic heterocycles. The van der Waals surface area contributed by atoms with Gasteiger partial charge in [0, 0.05) is 31.5 Å². The number of carbonyl (C=O) groups excluding carboxylic acids is 2. The Balaban J connectivity index is 1.72. The van der Waals surface area contributed by atoms with Crippen LogP contribution in [0, 0.1) is 11.6 Å². The van der Waals surface area contributed by atoms with E-state index in [0.717, 1.165) is 11.1 Å². The van der Waals surface area contributed by atoms with Crippen LogP contribution in [-0.4, -0.2) is 62.2 Å². The van der Waals surface area contributed by atoms with E-state index in [9.17, 15) is 28.0 Å². The van der Waals surface area contributed by atoms with E-state index in [1.165, 1.54) is 49.5 Å². The summed E-state index contributed by atoms with van der Waals surface area (Å²) in [5, 5.41) is 14.6. The normalized spacial score (nSPS) is 13.1. The quantitative estimate of drug-likeness (QED) is 0.153. The van der Waals surface area contributed by atoms with Crippen LogP contribution >= 0.6 is 19.4 Å². The lowest BCUT2D eigenvalue weighted by molar-refractivity contribution is -0.137. The molecule has 0 fully saturated rings. The highest BCUT2D eigenvalue weighted by Gasteiger charge is 2.28. The lowest BCUT2D eigenvalue weighted by atomic mass is 10.1. The average Bonchev–Trinajstić information content (AvgIpc) is 2.87. The molecule has 0 aliphatic heterocycles. The first kappa shape index (κ1) is 31.3. The Morgan fingerprint density at radius 3 is 2.60 bits per heavy atom. The number of phosphoric acid groups is 1. The first-order valence-electron chi connectivity index (χ1n) is 11.7. The Bertz CT molecular complexity index is 1410. The summed E-state index contributed by atoms with van der Waals surface area (Å²) in [5.41, 5.74) is 3.05. The smallest absolute Gasteiger partial charge is 0.447 e. The first-order valence-corrected chi connectivity index (χ1v) is 13.6. The molecule has 40 heavy (non-hydrogen) atoms. The summed E-state index contributed by atoms with van der Waals surface area (Å²) in [6.07, 6.45) is -1.43. The fourth-order valence-corrected chi connectivity index (χ4v) is 4.22. The number of aromatic nitrogens is 1. The molecule has 2 atom stereocenters. The number of aliphatic hydroxyl groups excluding tert-OH is 1. The molecule has 1 heterocycles. The van der Waals surface area contributed by atoms with Gasteiger partial charge in [0.15, 0.2) is 0 Å². The van der Waals surface area contributed by atoms with Gasteiger partial charge >= 0.3 is 13.9 Å². The van der Waals surface area contributed by atoms with Crippen molar-refractivity contribution in [1.82, 2.24) is 15.4 Å². The van der Waals surface area contributed by atoms with E-state index in [1.54, 1.807) is 0 Å². The minimum absolute atomic E-state index is 0.0528. The van der Waals surface area contributed by atoms with Crippen LogP contribution in [0.5, 0.6) is 0 Å². The number of fused-ring (bicyclic) bond motifs is 1. The summed E-state index contributed by atoms with van der Waals surface area (Å²) < 4.78 is 47.9. The third kappa shape index (κ3) is 9.45. The first-order chi connectivity index (χ1) is 18.8. The van der Waals surface area contributed by atoms with E-state index in [0.29, 0.717) is 16.3 Å². The number of nitrogens with zero attached hydrogens (tertiary/aromatic N) is 2. The van der Waals surface area contributed by atoms with Crippen LogP contribution in [-0.2, 0) is 25.2 Å². The van der Waals surface area contributed by atoms with E-state index in [4.69, 9.17) is 26.1 Å². The second-order valence-corrected chi connectivity index (χ2v) is 10.2. The summed E-state index contributed by atoms with van der Waals surface area (Å²) in [5.74, 6) is -1.70. The standard InChI is InChI=1S/C24H26ClF2N4O8P/c1-14(32)31(29-11-16-3-2-4-21(27)23(16)25)19(9-20(33)13-39-40(35,36)37)12-38-24(34)30-22-8-17-7-18(26)6-5-15(17)10-28-22/h2-8,10,19-20,29,33H,9,11-13H2,1H3,(H,28,30,34)(H2,35,36,37)/t19-,20+/m1/s1. The highest BCUT2D eigenvalue weighted by atomic mass is 35.5. The highest BCUT2D eigenvalue weighted by Crippen LogP contribution is 2.36. The van der Waals surface area contributed by atoms with Crippen LogP contribution in [0.4, 0.5) is 19.4 Å². The van der Waals surface area contributed by atoms with Gasteiger partial charge in [-0.15, -0.1) is 0 Å². The van der Waals surface area contributed by atoms with Crippen LogP contribution in [0.1, 0.15) is 18.9 Å². The number of ether oxygens (including phenoxy) is 1. The van der Waals surface area contributed by atoms with Gasteiger partial charge in [0.25, 0.3) is 0 Å². The summed E-state index contributed by atoms with van der Waals surface area (Å²) >= 11 is 5.98. The van der Waals surface area contributed by atoms with Crippen LogP contribution in [0.25, 0.3) is 10.8 Å². The predicted molar refractivity (Wildman–Crippen MR) is 140 cm³/mol. The summed E-state index contributed by atoms with van der Waals surface area (Å²) in [6.45, 7) is -0.258. The SMILES string of the molecule is CC(=O)N(NCc1cccc(F)c1Cl)[C@@H](COC(=O)Nc1cc2cc(F)ccc2cn1)C[C@H](O)COP(=O)(O)O. The van der Waals surface area contributed by atoms with Gasteiger partial charge in [-0.2, -0.15) is 0 Å². The Morgan fingerprint density at radius 2 is 1.90 bits per heavy atom. The highest BCUT2D eigenvalue weighted by molar-refractivity contribution is 7.46. The van der Waals surface area contributed by atoms with E-state index in [2.05, 4.69) is 20.3 Å². The van der Waals surface area contributed by atoms with Crippen molar-refractivity contribution in [2.75, 3.05) is 18.5 Å². The Morgan fingerprint density at radius 1 is 1.15 bits per heavy atom. The summed E-state index contributed by atoms with van der Waals surface area (Å²) in [6, 6.07) is 8.46. The van der Waals surface area contributed by atoms with Crippen molar-refractivity contribution in [3.63, 3.8) is 0 Å². The van der Waals surface area contributed by atoms with Crippen molar-refractivity contribution in [1.29, 1.82) is 0 Å². The van der Waals surface area contributed by atoms with Crippen LogP contribution in [0.3, 0.4) is 0 Å². The van der Waals surface area contributed by atoms with E-state index in [1.807, 2.05) is 0 Å². The number of hydrazine groups is 1. The predicted octanol–water partition coefficient (Wildman–Crippen LogP) is 3.50. The van der Waals surface area contributed by atoms with Crippen molar-refractivity contribution >= 4 is 48.0 Å². The van der Waals surface area contributed by atoms with Crippen molar-refractivity contribution in [3.05, 3.63) is 70.9 Å². The number of carbonyl (C=O) groups is 2. The fourth-order valence-electron chi connectivity index (χ4n) is 3.66. The molecule has 3 rings (SSSR count). The lowest BCUT2D eigenvalue weighted by Gasteiger charge is -2.32. The van der Waals surface area contributed by atoms with E-state index < -0.39 is 56.8 Å². The Labute approximate surface area is 232 Å². The number of nitrogens with one attached hydrogen (secondary N) is 2. The molecule has 16 heteroatoms. The van der Waals surface area contributed by atoms with Crippen molar-refractivity contribution in [2.45, 2.75) is 32.0 Å². The van der Waals surface area contributed by atoms with Gasteiger partial charge in [-0.05, 0) is 41.3 Å². The zero-order chi connectivity index (χ0) is 29.4. The monoisotopic (exact) mass is 602 g/mol. The molecule has 0 bridgehead atoms. The lowest BCUT2D eigenvalue weighted by Crippen LogP contribution is -2.52. The molecule has 0 aliphatic carbocycles. The molecule has 2 aromatic carbocycles. The van der Waals surface area contributed by atoms with Gasteiger partial charge in [0.2, 0.25) is 5.91 Å². The zero-order valence-corrected chi connectivity index (χ0v) is 22.6. The van der Waals surface area contributed by atoms with Crippen LogP contribution < -0.4 is 10.7 Å². The molecule has 0 aliphatic rings. The number of aliphatic hydroxyl groups is 1. The maximum Gasteiger partial charge on any atom is 0.469 e. The van der Waals surface area contributed by atoms with Gasteiger partial charge < -0.3 is 19.6 Å². The number of halogens is 3. The number of rotatable bonds is 12. The summed E-state index contributed by atoms with van der Waals surface area (Å²) in [7, 11) is -4.89. The largest absolute Gasteiger partial charge is 0.469 e. The second-order valence-electron chi connectivity index (χ2n) is 8.55. The van der Waals surface area contributed by atoms with Gasteiger partial charge in [0.1, 0.15) is 24.1 Å². The number of phosphoric ester groups is 1. The molecule has 3 aromatic rings. The molecule has 0 saturated heterocycles. The third-order valence-corrected chi connectivity index (χ3v) is 6.38. The van der Waals surface area contributed by atoms with Crippen molar-refractivity contribution < 1.29 is 47.1 Å². The van der Waals surface area contributed by atoms with E-state index >= 15 is 0 Å². The molecular formula is C24H26ClF2N4O8P. The Hall–Kier alpha value is -3.23. The average molecular weight is 603 g/mol. The van der Waals surface area contributed by atoms with Crippen molar-refractivity contribution in [2.24, 2.45) is 0 Å². The number of anilines is 1. The molecular weight excluding hydrogens is 577 g/mol. The van der Waals surface area contributed by atoms with Gasteiger partial charge in [0.05, 0.1) is 23.8 Å².